The van der Waals surface area contributed by atoms with Gasteiger partial charge in [-0.1, -0.05) is 6.42 Å². The maximum absolute atomic E-state index is 13.2. The monoisotopic (exact) mass is 729 g/mol. The van der Waals surface area contributed by atoms with Crippen LogP contribution in [0.15, 0.2) is 0 Å². The van der Waals surface area contributed by atoms with Gasteiger partial charge in [0.2, 0.25) is 0 Å². The van der Waals surface area contributed by atoms with E-state index in [4.69, 9.17) is 0 Å². The number of nitrogens with zero attached hydrogens (tertiary/aromatic N) is 1. The molecule has 0 atom stereocenters. The van der Waals surface area contributed by atoms with Gasteiger partial charge in [-0.2, -0.15) is 52.7 Å². The molecule has 226 valence electrons. The average Bonchev–Trinajstić information content (AvgIpc) is 2.73. The minimum atomic E-state index is -8.32. The molecule has 0 unspecified atom stereocenters. The smallest absolute Gasteiger partial charge is 0.854 e. The van der Waals surface area contributed by atoms with Crippen molar-refractivity contribution in [1.82, 2.24) is 4.90 Å². The normalized spacial score (nSPS) is 14.4. The van der Waals surface area contributed by atoms with Gasteiger partial charge in [0.25, 0.3) is 5.92 Å². The number of hydrogen-bond donors (Lipinski definition) is 0. The maximum atomic E-state index is 13.2. The van der Waals surface area contributed by atoms with Gasteiger partial charge in [-0.05, 0) is 19.6 Å². The van der Waals surface area contributed by atoms with E-state index in [1.807, 2.05) is 0 Å². The van der Waals surface area contributed by atoms with Crippen LogP contribution < -0.4 is 15.3 Å². The van der Waals surface area contributed by atoms with Crippen molar-refractivity contribution in [3.63, 3.8) is 0 Å². The van der Waals surface area contributed by atoms with E-state index in [0.29, 0.717) is 19.6 Å². The Kier molecular flexibility index (Phi) is 16.7. The van der Waals surface area contributed by atoms with Gasteiger partial charge in [0.05, 0.1) is 0 Å². The predicted octanol–water partition coefficient (Wildman–Crippen LogP) is 2.67. The van der Waals surface area contributed by atoms with Crippen LogP contribution in [0.2, 0.25) is 0 Å². The Bertz CT molecular complexity index is 673. The van der Waals surface area contributed by atoms with E-state index in [1.165, 1.54) is 0 Å². The molecule has 0 radical (unpaired) electrons. The zero-order valence-electron chi connectivity index (χ0n) is 18.2. The van der Waals surface area contributed by atoms with Crippen LogP contribution in [0.1, 0.15) is 6.42 Å². The second-order valence-corrected chi connectivity index (χ2v) is 7.69. The molecule has 0 bridgehead atoms. The first-order chi connectivity index (χ1) is 16.4. The quantitative estimate of drug-likeness (QED) is 0.113. The van der Waals surface area contributed by atoms with Crippen molar-refractivity contribution in [2.75, 3.05) is 39.5 Å². The molecule has 0 aromatic carbocycles. The van der Waals surface area contributed by atoms with Gasteiger partial charge in [0.15, 0.2) is 0 Å². The van der Waals surface area contributed by atoms with Gasteiger partial charge in [-0.25, -0.2) is 17.6 Å². The predicted molar refractivity (Wildman–Crippen MR) is 100 cm³/mol. The van der Waals surface area contributed by atoms with Crippen LogP contribution in [-0.2, 0) is 0 Å². The molecule has 0 amide bonds. The molecule has 22 heteroatoms. The number of alkyl halides is 16. The summed E-state index contributed by atoms with van der Waals surface area (Å²) >= 11 is 0.727. The summed E-state index contributed by atoms with van der Waals surface area (Å²) < 4.78 is 205. The van der Waals surface area contributed by atoms with Crippen LogP contribution in [0.25, 0.3) is 0 Å². The summed E-state index contributed by atoms with van der Waals surface area (Å²) in [4.78, 5) is 1.60. The van der Waals surface area contributed by atoms with Gasteiger partial charge >= 0.3 is 52.9 Å². The van der Waals surface area contributed by atoms with Crippen molar-refractivity contribution in [2.24, 2.45) is 0 Å². The Morgan fingerprint density at radius 2 is 0.868 bits per heavy atom. The first kappa shape index (κ1) is 42.1. The van der Waals surface area contributed by atoms with E-state index in [9.17, 15) is 85.6 Å². The summed E-state index contributed by atoms with van der Waals surface area (Å²) in [5.74, 6) is -53.9. The van der Waals surface area contributed by atoms with E-state index in [0.717, 1.165) is 22.6 Å². The molecule has 0 heterocycles. The Labute approximate surface area is 222 Å². The molecular formula is C16H16F16INO3Si. The van der Waals surface area contributed by atoms with Crippen LogP contribution in [0.3, 0.4) is 0 Å². The molecule has 0 rings (SSSR count). The molecule has 0 saturated heterocycles. The molecule has 0 aliphatic heterocycles. The summed E-state index contributed by atoms with van der Waals surface area (Å²) in [6, 6.07) is 0. The van der Waals surface area contributed by atoms with Crippen molar-refractivity contribution < 1.29 is 85.6 Å². The van der Waals surface area contributed by atoms with E-state index < -0.39 is 54.3 Å². The molecule has 0 N–H and O–H groups in total. The SMILES string of the molecule is FC(F)C(F)(F)C(F)(F)C(F)(F)C(F)(F)C(F)(F)C(F)(F)C(F)(F)C[CH-]I.[O-]CCN(CC[O-])CC[O-].[Si+4]. The summed E-state index contributed by atoms with van der Waals surface area (Å²) in [5.41, 5.74) is 0. The van der Waals surface area contributed by atoms with E-state index in [1.54, 1.807) is 4.90 Å². The summed E-state index contributed by atoms with van der Waals surface area (Å²) in [6.45, 7) is 0.263. The van der Waals surface area contributed by atoms with Gasteiger partial charge in [0.1, 0.15) is 0 Å². The molecule has 0 spiro atoms. The summed E-state index contributed by atoms with van der Waals surface area (Å²) in [6.07, 6.45) is -8.29. The minimum absolute atomic E-state index is 0. The van der Waals surface area contributed by atoms with Crippen molar-refractivity contribution in [2.45, 2.75) is 54.3 Å². The van der Waals surface area contributed by atoms with E-state index in [-0.39, 0.29) is 35.2 Å². The van der Waals surface area contributed by atoms with Crippen molar-refractivity contribution >= 4 is 33.6 Å². The molecule has 0 saturated carbocycles. The molecule has 38 heavy (non-hydrogen) atoms. The molecular weight excluding hydrogens is 713 g/mol. The number of rotatable bonds is 15. The van der Waals surface area contributed by atoms with Crippen LogP contribution in [0, 0.1) is 4.43 Å². The molecule has 0 aromatic heterocycles. The zero-order chi connectivity index (χ0) is 30.3. The van der Waals surface area contributed by atoms with Crippen LogP contribution in [-0.4, -0.2) is 103 Å². The fraction of sp³-hybridized carbons (Fsp3) is 0.938. The number of hydrogen-bond acceptors (Lipinski definition) is 4. The number of halogens is 17. The fourth-order valence-electron chi connectivity index (χ4n) is 2.12. The summed E-state index contributed by atoms with van der Waals surface area (Å²) in [5, 5.41) is 30.1. The van der Waals surface area contributed by atoms with Gasteiger partial charge < -0.3 is 42.8 Å². The topological polar surface area (TPSA) is 72.4 Å². The van der Waals surface area contributed by atoms with Gasteiger partial charge in [0, 0.05) is 0 Å². The second kappa shape index (κ2) is 15.1. The summed E-state index contributed by atoms with van der Waals surface area (Å²) in [7, 11) is 0. The first-order valence-corrected chi connectivity index (χ1v) is 10.4. The van der Waals surface area contributed by atoms with Crippen molar-refractivity contribution in [3.05, 3.63) is 4.43 Å². The first-order valence-electron chi connectivity index (χ1n) is 9.17. The molecule has 0 aromatic rings. The van der Waals surface area contributed by atoms with Crippen LogP contribution in [0.5, 0.6) is 0 Å². The third-order valence-electron chi connectivity index (χ3n) is 4.29. The Morgan fingerprint density at radius 1 is 0.579 bits per heavy atom. The molecule has 0 aliphatic carbocycles. The largest absolute Gasteiger partial charge is 4.00 e. The second-order valence-electron chi connectivity index (χ2n) is 6.81. The molecule has 4 nitrogen and oxygen atoms in total. The third-order valence-corrected chi connectivity index (χ3v) is 4.73. The Hall–Kier alpha value is -0.333. The Morgan fingerprint density at radius 3 is 1.13 bits per heavy atom. The van der Waals surface area contributed by atoms with Crippen LogP contribution >= 0.6 is 22.6 Å². The fourth-order valence-corrected chi connectivity index (χ4v) is 2.67. The minimum Gasteiger partial charge on any atom is -0.854 e. The van der Waals surface area contributed by atoms with Crippen molar-refractivity contribution in [3.8, 4) is 0 Å². The Balaban J connectivity index is -0.000000940. The van der Waals surface area contributed by atoms with Gasteiger partial charge in [-0.15, -0.1) is 19.8 Å². The standard InChI is InChI=1S/C10H4F16I.C6H12NO3.Si/c11-3(12)5(15,16)7(19,20)9(23,24)10(25,26)8(21,22)6(17,18)4(13,14)1-2-27;8-4-1-7(2-5-9)3-6-10;/h2-3H,1H2;1-6H2;/q-1;-3;+4. The van der Waals surface area contributed by atoms with Gasteiger partial charge in [-0.3, -0.25) is 4.43 Å². The van der Waals surface area contributed by atoms with Crippen LogP contribution in [0.4, 0.5) is 70.2 Å². The van der Waals surface area contributed by atoms with Crippen molar-refractivity contribution in [1.29, 1.82) is 0 Å². The van der Waals surface area contributed by atoms with E-state index >= 15 is 0 Å². The zero-order valence-corrected chi connectivity index (χ0v) is 21.4. The van der Waals surface area contributed by atoms with E-state index in [2.05, 4.69) is 0 Å². The average molecular weight is 729 g/mol. The molecule has 0 fully saturated rings. The molecule has 0 aliphatic rings. The maximum Gasteiger partial charge on any atom is 4.00 e. The third kappa shape index (κ3) is 8.12.